The number of rotatable bonds is 3. The Kier molecular flexibility index (Phi) is 4.57. The van der Waals surface area contributed by atoms with Gasteiger partial charge in [-0.15, -0.1) is 0 Å². The summed E-state index contributed by atoms with van der Waals surface area (Å²) in [5.74, 6) is 0.848. The number of carbonyl (C=O) groups excluding carboxylic acids is 1. The van der Waals surface area contributed by atoms with Gasteiger partial charge in [0.25, 0.3) is 5.56 Å². The van der Waals surface area contributed by atoms with Crippen LogP contribution in [-0.4, -0.2) is 59.5 Å². The van der Waals surface area contributed by atoms with Crippen LogP contribution in [0, 0.1) is 0 Å². The number of hydrogen-bond acceptors (Lipinski definition) is 6. The normalized spacial score (nSPS) is 20.0. The summed E-state index contributed by atoms with van der Waals surface area (Å²) in [5.41, 5.74) is 7.65. The van der Waals surface area contributed by atoms with Gasteiger partial charge in [-0.25, -0.2) is 0 Å². The predicted octanol–water partition coefficient (Wildman–Crippen LogP) is 0.452. The van der Waals surface area contributed by atoms with Crippen LogP contribution in [0.25, 0.3) is 0 Å². The Morgan fingerprint density at radius 3 is 2.74 bits per heavy atom. The second-order valence-corrected chi connectivity index (χ2v) is 7.20. The number of nitrogens with zero attached hydrogens (tertiary/aromatic N) is 4. The average Bonchev–Trinajstić information content (AvgIpc) is 2.97. The number of benzene rings is 1. The van der Waals surface area contributed by atoms with Crippen molar-refractivity contribution < 1.29 is 4.79 Å². The summed E-state index contributed by atoms with van der Waals surface area (Å²) < 4.78 is 0. The van der Waals surface area contributed by atoms with Crippen LogP contribution in [0.5, 0.6) is 0 Å². The molecule has 0 unspecified atom stereocenters. The van der Waals surface area contributed by atoms with Crippen molar-refractivity contribution in [1.29, 1.82) is 0 Å². The molecular formula is C19H24N6O2. The van der Waals surface area contributed by atoms with Crippen LogP contribution in [0.15, 0.2) is 35.1 Å². The molecule has 2 aliphatic heterocycles. The Morgan fingerprint density at radius 2 is 2.00 bits per heavy atom. The maximum absolute atomic E-state index is 12.9. The van der Waals surface area contributed by atoms with Crippen LogP contribution in [0.3, 0.4) is 0 Å². The number of carbonyl (C=O) groups is 1. The van der Waals surface area contributed by atoms with Gasteiger partial charge in [0.15, 0.2) is 0 Å². The third-order valence-electron chi connectivity index (χ3n) is 5.28. The van der Waals surface area contributed by atoms with E-state index in [0.29, 0.717) is 25.5 Å². The zero-order valence-electron chi connectivity index (χ0n) is 15.4. The number of aromatic amines is 1. The van der Waals surface area contributed by atoms with Crippen molar-refractivity contribution in [2.24, 2.45) is 0 Å². The first-order valence-corrected chi connectivity index (χ1v) is 9.25. The zero-order valence-corrected chi connectivity index (χ0v) is 15.4. The highest BCUT2D eigenvalue weighted by Crippen LogP contribution is 2.31. The fraction of sp³-hybridized carbons (Fsp3) is 0.421. The molecule has 1 amide bonds. The number of para-hydroxylation sites is 1. The van der Waals surface area contributed by atoms with Gasteiger partial charge < -0.3 is 15.5 Å². The highest BCUT2D eigenvalue weighted by molar-refractivity contribution is 5.97. The number of nitrogen functional groups attached to an aromatic ring is 1. The van der Waals surface area contributed by atoms with Crippen molar-refractivity contribution in [1.82, 2.24) is 14.9 Å². The Labute approximate surface area is 157 Å². The number of nitrogens with one attached hydrogen (secondary N) is 1. The fourth-order valence-electron chi connectivity index (χ4n) is 3.97. The van der Waals surface area contributed by atoms with E-state index in [2.05, 4.69) is 27.9 Å². The van der Waals surface area contributed by atoms with Crippen molar-refractivity contribution in [2.45, 2.75) is 19.4 Å². The summed E-state index contributed by atoms with van der Waals surface area (Å²) in [6, 6.07) is 9.78. The standard InChI is InChI=1S/C19H24N6O2/c1-13-10-14-4-2-3-5-15(14)25(13)18(27)12-23-6-8-24(9-7-23)16-11-17(26)22-19(20)21-16/h2-5,11,13H,6-10,12H2,1H3,(H3,20,21,22,26)/t13-/m1/s1. The van der Waals surface area contributed by atoms with Crippen molar-refractivity contribution in [3.63, 3.8) is 0 Å². The third kappa shape index (κ3) is 3.52. The van der Waals surface area contributed by atoms with E-state index in [1.807, 2.05) is 28.0 Å². The predicted molar refractivity (Wildman–Crippen MR) is 105 cm³/mol. The monoisotopic (exact) mass is 368 g/mol. The molecule has 8 nitrogen and oxygen atoms in total. The van der Waals surface area contributed by atoms with Crippen molar-refractivity contribution in [2.75, 3.05) is 48.3 Å². The first-order chi connectivity index (χ1) is 13.0. The van der Waals surface area contributed by atoms with Crippen LogP contribution in [0.1, 0.15) is 12.5 Å². The van der Waals surface area contributed by atoms with E-state index in [1.165, 1.54) is 11.6 Å². The number of aromatic nitrogens is 2. The lowest BCUT2D eigenvalue weighted by Crippen LogP contribution is -2.51. The number of piperazine rings is 1. The van der Waals surface area contributed by atoms with Crippen molar-refractivity contribution >= 4 is 23.4 Å². The Hall–Kier alpha value is -2.87. The molecule has 2 aromatic rings. The maximum atomic E-state index is 12.9. The molecule has 0 aliphatic carbocycles. The van der Waals surface area contributed by atoms with Crippen LogP contribution in [-0.2, 0) is 11.2 Å². The van der Waals surface area contributed by atoms with Crippen molar-refractivity contribution in [3.05, 3.63) is 46.2 Å². The summed E-state index contributed by atoms with van der Waals surface area (Å²) in [6.45, 7) is 5.38. The van der Waals surface area contributed by atoms with Crippen molar-refractivity contribution in [3.8, 4) is 0 Å². The number of fused-ring (bicyclic) bond motifs is 1. The Morgan fingerprint density at radius 1 is 1.26 bits per heavy atom. The average molecular weight is 368 g/mol. The molecule has 2 aliphatic rings. The van der Waals surface area contributed by atoms with E-state index in [0.717, 1.165) is 25.2 Å². The first-order valence-electron chi connectivity index (χ1n) is 9.25. The summed E-state index contributed by atoms with van der Waals surface area (Å²) in [7, 11) is 0. The highest BCUT2D eigenvalue weighted by atomic mass is 16.2. The molecule has 1 atom stereocenters. The molecule has 1 aromatic heterocycles. The molecule has 142 valence electrons. The van der Waals surface area contributed by atoms with Gasteiger partial charge in [-0.3, -0.25) is 19.5 Å². The lowest BCUT2D eigenvalue weighted by atomic mass is 10.1. The summed E-state index contributed by atoms with van der Waals surface area (Å²) in [6.07, 6.45) is 0.908. The van der Waals surface area contributed by atoms with E-state index >= 15 is 0 Å². The molecule has 3 N–H and O–H groups in total. The first kappa shape index (κ1) is 17.5. The minimum absolute atomic E-state index is 0.122. The second-order valence-electron chi connectivity index (χ2n) is 7.20. The van der Waals surface area contributed by atoms with Crippen LogP contribution >= 0.6 is 0 Å². The molecule has 3 heterocycles. The molecule has 1 fully saturated rings. The van der Waals surface area contributed by atoms with E-state index in [4.69, 9.17) is 5.73 Å². The number of amides is 1. The maximum Gasteiger partial charge on any atom is 0.254 e. The number of hydrogen-bond donors (Lipinski definition) is 2. The summed E-state index contributed by atoms with van der Waals surface area (Å²) >= 11 is 0. The number of anilines is 3. The minimum atomic E-state index is -0.253. The van der Waals surface area contributed by atoms with Crippen LogP contribution < -0.4 is 21.1 Å². The highest BCUT2D eigenvalue weighted by Gasteiger charge is 2.31. The van der Waals surface area contributed by atoms with Gasteiger partial charge in [-0.1, -0.05) is 18.2 Å². The van der Waals surface area contributed by atoms with E-state index in [-0.39, 0.29) is 23.5 Å². The Balaban J connectivity index is 1.38. The molecule has 0 bridgehead atoms. The van der Waals surface area contributed by atoms with Gasteiger partial charge >= 0.3 is 0 Å². The SMILES string of the molecule is C[C@@H]1Cc2ccccc2N1C(=O)CN1CCN(c2cc(=O)[nH]c(N)n2)CC1. The number of nitrogens with two attached hydrogens (primary N) is 1. The molecule has 0 spiro atoms. The van der Waals surface area contributed by atoms with Crippen LogP contribution in [0.4, 0.5) is 17.5 Å². The van der Waals surface area contributed by atoms with Gasteiger partial charge in [-0.05, 0) is 25.0 Å². The van der Waals surface area contributed by atoms with Gasteiger partial charge in [0, 0.05) is 44.0 Å². The lowest BCUT2D eigenvalue weighted by Gasteiger charge is -2.36. The molecule has 27 heavy (non-hydrogen) atoms. The van der Waals surface area contributed by atoms with Gasteiger partial charge in [-0.2, -0.15) is 4.98 Å². The lowest BCUT2D eigenvalue weighted by molar-refractivity contribution is -0.120. The minimum Gasteiger partial charge on any atom is -0.369 e. The quantitative estimate of drug-likeness (QED) is 0.816. The third-order valence-corrected chi connectivity index (χ3v) is 5.28. The van der Waals surface area contributed by atoms with Crippen LogP contribution in [0.2, 0.25) is 0 Å². The molecule has 0 radical (unpaired) electrons. The van der Waals surface area contributed by atoms with E-state index in [1.54, 1.807) is 0 Å². The Bertz CT molecular complexity index is 903. The molecule has 0 saturated carbocycles. The van der Waals surface area contributed by atoms with E-state index < -0.39 is 0 Å². The topological polar surface area (TPSA) is 98.6 Å². The molecule has 4 rings (SSSR count). The summed E-state index contributed by atoms with van der Waals surface area (Å²) in [4.78, 5) is 37.3. The molecule has 1 saturated heterocycles. The zero-order chi connectivity index (χ0) is 19.0. The molecule has 8 heteroatoms. The summed E-state index contributed by atoms with van der Waals surface area (Å²) in [5, 5.41) is 0. The van der Waals surface area contributed by atoms with Gasteiger partial charge in [0.2, 0.25) is 11.9 Å². The second kappa shape index (κ2) is 7.03. The largest absolute Gasteiger partial charge is 0.369 e. The molecular weight excluding hydrogens is 344 g/mol. The molecule has 1 aromatic carbocycles. The van der Waals surface area contributed by atoms with Gasteiger partial charge in [0.05, 0.1) is 6.54 Å². The fourth-order valence-corrected chi connectivity index (χ4v) is 3.97. The van der Waals surface area contributed by atoms with E-state index in [9.17, 15) is 9.59 Å². The number of H-pyrrole nitrogens is 1. The smallest absolute Gasteiger partial charge is 0.254 e. The van der Waals surface area contributed by atoms with Gasteiger partial charge in [0.1, 0.15) is 5.82 Å².